The molecule has 0 fully saturated rings. The van der Waals surface area contributed by atoms with Crippen LogP contribution in [-0.4, -0.2) is 15.1 Å². The van der Waals surface area contributed by atoms with Crippen molar-refractivity contribution < 1.29 is 26.8 Å². The van der Waals surface area contributed by atoms with E-state index < -0.39 is 17.6 Å². The maximum Gasteiger partial charge on any atom is 0.416 e. The van der Waals surface area contributed by atoms with Gasteiger partial charge in [-0.3, -0.25) is 0 Å². The molecule has 0 unspecified atom stereocenters. The maximum absolute atomic E-state index is 14.5. The number of aromatic nitrogens is 3. The van der Waals surface area contributed by atoms with Crippen molar-refractivity contribution in [2.24, 2.45) is 0 Å². The van der Waals surface area contributed by atoms with E-state index in [4.69, 9.17) is 9.26 Å². The summed E-state index contributed by atoms with van der Waals surface area (Å²) in [4.78, 5) is 8.05. The summed E-state index contributed by atoms with van der Waals surface area (Å²) in [7, 11) is 0. The number of rotatable bonds is 4. The quantitative estimate of drug-likeness (QED) is 0.459. The molecule has 142 valence electrons. The van der Waals surface area contributed by atoms with Gasteiger partial charge in [0.1, 0.15) is 12.4 Å². The molecule has 2 aromatic carbocycles. The zero-order valence-corrected chi connectivity index (χ0v) is 14.1. The molecule has 0 atom stereocenters. The minimum atomic E-state index is -4.63. The lowest BCUT2D eigenvalue weighted by Crippen LogP contribution is -2.05. The van der Waals surface area contributed by atoms with E-state index in [0.717, 1.165) is 12.1 Å². The van der Waals surface area contributed by atoms with Crippen LogP contribution in [0.25, 0.3) is 22.1 Å². The van der Waals surface area contributed by atoms with E-state index in [9.17, 15) is 17.6 Å². The first kappa shape index (κ1) is 17.9. The number of hydrogen-bond acceptors (Lipinski definition) is 5. The van der Waals surface area contributed by atoms with Crippen molar-refractivity contribution in [3.63, 3.8) is 0 Å². The van der Waals surface area contributed by atoms with Crippen molar-refractivity contribution in [1.82, 2.24) is 15.1 Å². The van der Waals surface area contributed by atoms with Crippen LogP contribution in [0.15, 0.2) is 59.4 Å². The normalized spacial score (nSPS) is 11.7. The third-order valence-electron chi connectivity index (χ3n) is 4.01. The molecule has 0 saturated carbocycles. The number of ether oxygens (including phenoxy) is 1. The molecule has 0 spiro atoms. The van der Waals surface area contributed by atoms with Crippen LogP contribution in [0.4, 0.5) is 17.6 Å². The van der Waals surface area contributed by atoms with E-state index in [1.165, 1.54) is 0 Å². The van der Waals surface area contributed by atoms with Gasteiger partial charge in [0.2, 0.25) is 0 Å². The van der Waals surface area contributed by atoms with Crippen LogP contribution in [0, 0.1) is 5.82 Å². The Bertz CT molecular complexity index is 1130. The monoisotopic (exact) mass is 389 g/mol. The van der Waals surface area contributed by atoms with Gasteiger partial charge >= 0.3 is 6.18 Å². The maximum atomic E-state index is 14.5. The average Bonchev–Trinajstić information content (AvgIpc) is 3.10. The molecular formula is C19H11F4N3O2. The zero-order valence-electron chi connectivity index (χ0n) is 14.1. The molecule has 0 radical (unpaired) electrons. The summed E-state index contributed by atoms with van der Waals surface area (Å²) in [6, 6.07) is 8.74. The van der Waals surface area contributed by atoms with Crippen molar-refractivity contribution in [3.8, 4) is 17.0 Å². The lowest BCUT2D eigenvalue weighted by molar-refractivity contribution is -0.137. The molecule has 4 rings (SSSR count). The molecule has 5 nitrogen and oxygen atoms in total. The summed E-state index contributed by atoms with van der Waals surface area (Å²) in [6.07, 6.45) is -1.53. The van der Waals surface area contributed by atoms with E-state index in [2.05, 4.69) is 15.1 Å². The van der Waals surface area contributed by atoms with Gasteiger partial charge in [-0.15, -0.1) is 0 Å². The largest absolute Gasteiger partial charge is 0.467 e. The first-order valence-electron chi connectivity index (χ1n) is 8.07. The number of alkyl halides is 3. The second kappa shape index (κ2) is 6.91. The van der Waals surface area contributed by atoms with E-state index in [-0.39, 0.29) is 18.1 Å². The second-order valence-electron chi connectivity index (χ2n) is 5.81. The van der Waals surface area contributed by atoms with Gasteiger partial charge in [-0.1, -0.05) is 18.2 Å². The Labute approximate surface area is 155 Å². The molecular weight excluding hydrogens is 378 g/mol. The molecule has 28 heavy (non-hydrogen) atoms. The Kier molecular flexibility index (Phi) is 4.42. The molecule has 4 aromatic rings. The van der Waals surface area contributed by atoms with Crippen LogP contribution in [-0.2, 0) is 12.8 Å². The van der Waals surface area contributed by atoms with Gasteiger partial charge in [0.25, 0.3) is 5.88 Å². The molecule has 0 bridgehead atoms. The van der Waals surface area contributed by atoms with E-state index in [1.54, 1.807) is 36.7 Å². The minimum absolute atomic E-state index is 0.00764. The van der Waals surface area contributed by atoms with Gasteiger partial charge in [0.05, 0.1) is 10.9 Å². The minimum Gasteiger partial charge on any atom is -0.467 e. The Morgan fingerprint density at radius 2 is 1.75 bits per heavy atom. The molecule has 9 heteroatoms. The first-order valence-corrected chi connectivity index (χ1v) is 8.07. The van der Waals surface area contributed by atoms with Crippen LogP contribution < -0.4 is 4.74 Å². The number of hydrogen-bond donors (Lipinski definition) is 0. The molecule has 2 aromatic heterocycles. The van der Waals surface area contributed by atoms with Gasteiger partial charge in [0, 0.05) is 23.5 Å². The van der Waals surface area contributed by atoms with Gasteiger partial charge in [-0.25, -0.2) is 14.4 Å². The average molecular weight is 389 g/mol. The highest BCUT2D eigenvalue weighted by Crippen LogP contribution is 2.38. The molecule has 0 amide bonds. The summed E-state index contributed by atoms with van der Waals surface area (Å²) in [5.74, 6) is -0.546. The van der Waals surface area contributed by atoms with Crippen molar-refractivity contribution in [3.05, 3.63) is 72.1 Å². The van der Waals surface area contributed by atoms with Crippen LogP contribution in [0.2, 0.25) is 0 Å². The SMILES string of the molecule is Fc1cc(C(F)(F)F)ccc1-c1cccc2onc(OCc3ncccn3)c12. The third-order valence-corrected chi connectivity index (χ3v) is 4.01. The van der Waals surface area contributed by atoms with E-state index in [1.807, 2.05) is 0 Å². The van der Waals surface area contributed by atoms with Crippen molar-refractivity contribution in [2.75, 3.05) is 0 Å². The highest BCUT2D eigenvalue weighted by Gasteiger charge is 2.31. The van der Waals surface area contributed by atoms with Crippen LogP contribution in [0.3, 0.4) is 0 Å². The summed E-state index contributed by atoms with van der Waals surface area (Å²) in [6.45, 7) is -0.00764. The van der Waals surface area contributed by atoms with E-state index in [0.29, 0.717) is 28.4 Å². The third kappa shape index (κ3) is 3.38. The van der Waals surface area contributed by atoms with Gasteiger partial charge in [0.15, 0.2) is 11.4 Å². The Hall–Kier alpha value is -3.49. The number of fused-ring (bicyclic) bond motifs is 1. The van der Waals surface area contributed by atoms with Crippen LogP contribution in [0.5, 0.6) is 5.88 Å². The second-order valence-corrected chi connectivity index (χ2v) is 5.81. The predicted molar refractivity (Wildman–Crippen MR) is 90.8 cm³/mol. The molecule has 0 saturated heterocycles. The number of benzene rings is 2. The first-order chi connectivity index (χ1) is 13.4. The molecule has 0 aliphatic heterocycles. The lowest BCUT2D eigenvalue weighted by Gasteiger charge is -2.10. The highest BCUT2D eigenvalue weighted by molar-refractivity contribution is 5.97. The smallest absolute Gasteiger partial charge is 0.416 e. The Morgan fingerprint density at radius 3 is 2.46 bits per heavy atom. The van der Waals surface area contributed by atoms with Gasteiger partial charge < -0.3 is 9.26 Å². The van der Waals surface area contributed by atoms with Crippen LogP contribution in [0.1, 0.15) is 11.4 Å². The molecule has 0 N–H and O–H groups in total. The predicted octanol–water partition coefficient (Wildman–Crippen LogP) is 5.02. The lowest BCUT2D eigenvalue weighted by atomic mass is 9.99. The van der Waals surface area contributed by atoms with Crippen LogP contribution >= 0.6 is 0 Å². The standard InChI is InChI=1S/C19H11F4N3O2/c20-14-9-11(19(21,22)23)5-6-12(14)13-3-1-4-15-17(13)18(26-28-15)27-10-16-24-7-2-8-25-16/h1-9H,10H2. The highest BCUT2D eigenvalue weighted by atomic mass is 19.4. The molecule has 2 heterocycles. The molecule has 0 aliphatic carbocycles. The summed E-state index contributed by atoms with van der Waals surface area (Å²) in [5, 5.41) is 4.17. The summed E-state index contributed by atoms with van der Waals surface area (Å²) >= 11 is 0. The number of nitrogens with zero attached hydrogens (tertiary/aromatic N) is 3. The Balaban J connectivity index is 1.75. The Morgan fingerprint density at radius 1 is 0.964 bits per heavy atom. The van der Waals surface area contributed by atoms with Gasteiger partial charge in [-0.05, 0) is 29.4 Å². The fourth-order valence-electron chi connectivity index (χ4n) is 2.73. The topological polar surface area (TPSA) is 61.0 Å². The van der Waals surface area contributed by atoms with Crippen molar-refractivity contribution >= 4 is 11.0 Å². The fraction of sp³-hybridized carbons (Fsp3) is 0.105. The van der Waals surface area contributed by atoms with Crippen molar-refractivity contribution in [1.29, 1.82) is 0 Å². The molecule has 0 aliphatic rings. The summed E-state index contributed by atoms with van der Waals surface area (Å²) < 4.78 is 63.7. The van der Waals surface area contributed by atoms with Crippen molar-refractivity contribution in [2.45, 2.75) is 12.8 Å². The van der Waals surface area contributed by atoms with E-state index >= 15 is 0 Å². The zero-order chi connectivity index (χ0) is 19.7. The summed E-state index contributed by atoms with van der Waals surface area (Å²) in [5.41, 5.74) is -0.485. The number of halogens is 4. The van der Waals surface area contributed by atoms with Gasteiger partial charge in [-0.2, -0.15) is 13.2 Å². The fourth-order valence-corrected chi connectivity index (χ4v) is 2.73.